The number of fused-ring (bicyclic) bond motifs is 1. The number of nitrogens with one attached hydrogen (secondary N) is 1. The molecule has 1 heterocycles. The smallest absolute Gasteiger partial charge is 0.122 e. The van der Waals surface area contributed by atoms with Gasteiger partial charge in [0, 0.05) is 13.7 Å². The molecule has 1 aromatic rings. The zero-order chi connectivity index (χ0) is 14.0. The molecule has 2 rings (SSSR count). The molecule has 3 heteroatoms. The number of benzene rings is 1. The van der Waals surface area contributed by atoms with Gasteiger partial charge in [0.05, 0.1) is 13.2 Å². The summed E-state index contributed by atoms with van der Waals surface area (Å²) in [5, 5.41) is 3.38. The first-order chi connectivity index (χ1) is 9.90. The van der Waals surface area contributed by atoms with Crippen LogP contribution in [-0.4, -0.2) is 33.4 Å². The first kappa shape index (κ1) is 15.3. The summed E-state index contributed by atoms with van der Waals surface area (Å²) in [6.07, 6.45) is 7.32. The Morgan fingerprint density at radius 3 is 3.05 bits per heavy atom. The molecule has 0 saturated heterocycles. The average Bonchev–Trinajstić information content (AvgIpc) is 2.50. The Kier molecular flexibility index (Phi) is 6.89. The molecule has 0 radical (unpaired) electrons. The van der Waals surface area contributed by atoms with Crippen LogP contribution in [0.1, 0.15) is 36.8 Å². The van der Waals surface area contributed by atoms with Crippen LogP contribution < -0.4 is 10.1 Å². The summed E-state index contributed by atoms with van der Waals surface area (Å²) in [5.74, 6) is 1.10. The van der Waals surface area contributed by atoms with Gasteiger partial charge in [0.1, 0.15) is 5.75 Å². The van der Waals surface area contributed by atoms with E-state index in [4.69, 9.17) is 9.47 Å². The van der Waals surface area contributed by atoms with Crippen LogP contribution in [0.5, 0.6) is 5.75 Å². The Hall–Kier alpha value is -1.06. The second-order valence-electron chi connectivity index (χ2n) is 5.45. The van der Waals surface area contributed by atoms with Crippen molar-refractivity contribution in [2.75, 3.05) is 33.4 Å². The van der Waals surface area contributed by atoms with Crippen molar-refractivity contribution in [1.29, 1.82) is 0 Å². The lowest BCUT2D eigenvalue weighted by molar-refractivity contribution is 0.199. The zero-order valence-corrected chi connectivity index (χ0v) is 12.6. The number of hydrogen-bond donors (Lipinski definition) is 1. The molecule has 0 aromatic heterocycles. The highest BCUT2D eigenvalue weighted by Gasteiger charge is 2.10. The molecule has 0 spiro atoms. The number of methoxy groups -OCH3 is 1. The van der Waals surface area contributed by atoms with Crippen LogP contribution in [-0.2, 0) is 17.6 Å². The van der Waals surface area contributed by atoms with E-state index in [-0.39, 0.29) is 0 Å². The molecule has 1 aromatic carbocycles. The van der Waals surface area contributed by atoms with E-state index in [9.17, 15) is 0 Å². The van der Waals surface area contributed by atoms with E-state index < -0.39 is 0 Å². The summed E-state index contributed by atoms with van der Waals surface area (Å²) in [6.45, 7) is 3.74. The van der Waals surface area contributed by atoms with Gasteiger partial charge in [-0.15, -0.1) is 0 Å². The van der Waals surface area contributed by atoms with Gasteiger partial charge < -0.3 is 14.8 Å². The number of hydrogen-bond acceptors (Lipinski definition) is 3. The summed E-state index contributed by atoms with van der Waals surface area (Å²) in [6, 6.07) is 6.71. The molecule has 3 nitrogen and oxygen atoms in total. The first-order valence-electron chi connectivity index (χ1n) is 7.84. The van der Waals surface area contributed by atoms with Gasteiger partial charge in [-0.1, -0.05) is 18.6 Å². The van der Waals surface area contributed by atoms with E-state index in [1.165, 1.54) is 43.2 Å². The van der Waals surface area contributed by atoms with Crippen LogP contribution in [0.4, 0.5) is 0 Å². The minimum absolute atomic E-state index is 0.803. The minimum Gasteiger partial charge on any atom is -0.493 e. The van der Waals surface area contributed by atoms with Gasteiger partial charge in [0.15, 0.2) is 0 Å². The van der Waals surface area contributed by atoms with Gasteiger partial charge in [0.25, 0.3) is 0 Å². The molecule has 0 atom stereocenters. The standard InChI is InChI=1S/C17H27NO2/c1-19-13-11-18-10-4-2-3-6-15-8-9-17-16(14-15)7-5-12-20-17/h8-9,14,18H,2-7,10-13H2,1H3. The summed E-state index contributed by atoms with van der Waals surface area (Å²) in [5.41, 5.74) is 2.86. The summed E-state index contributed by atoms with van der Waals surface area (Å²) < 4.78 is 10.6. The van der Waals surface area contributed by atoms with Gasteiger partial charge in [-0.05, 0) is 55.8 Å². The van der Waals surface area contributed by atoms with Crippen molar-refractivity contribution >= 4 is 0 Å². The maximum atomic E-state index is 5.65. The normalized spacial score (nSPS) is 13.8. The summed E-state index contributed by atoms with van der Waals surface area (Å²) in [7, 11) is 1.74. The van der Waals surface area contributed by atoms with E-state index in [0.717, 1.165) is 38.5 Å². The highest BCUT2D eigenvalue weighted by atomic mass is 16.5. The van der Waals surface area contributed by atoms with E-state index >= 15 is 0 Å². The quantitative estimate of drug-likeness (QED) is 0.704. The fraction of sp³-hybridized carbons (Fsp3) is 0.647. The third kappa shape index (κ3) is 5.14. The fourth-order valence-electron chi connectivity index (χ4n) is 2.62. The lowest BCUT2D eigenvalue weighted by atomic mass is 10.00. The molecule has 0 unspecified atom stereocenters. The first-order valence-corrected chi connectivity index (χ1v) is 7.84. The molecule has 0 aliphatic carbocycles. The van der Waals surface area contributed by atoms with Crippen LogP contribution in [0.25, 0.3) is 0 Å². The maximum Gasteiger partial charge on any atom is 0.122 e. The third-order valence-electron chi connectivity index (χ3n) is 3.77. The molecule has 112 valence electrons. The highest BCUT2D eigenvalue weighted by molar-refractivity contribution is 5.38. The molecule has 1 aliphatic heterocycles. The van der Waals surface area contributed by atoms with Gasteiger partial charge in [0.2, 0.25) is 0 Å². The lowest BCUT2D eigenvalue weighted by Gasteiger charge is -2.17. The number of ether oxygens (including phenoxy) is 2. The highest BCUT2D eigenvalue weighted by Crippen LogP contribution is 2.26. The molecule has 0 saturated carbocycles. The van der Waals surface area contributed by atoms with Crippen LogP contribution in [0.15, 0.2) is 18.2 Å². The zero-order valence-electron chi connectivity index (χ0n) is 12.6. The van der Waals surface area contributed by atoms with Crippen molar-refractivity contribution in [3.05, 3.63) is 29.3 Å². The molecule has 0 fully saturated rings. The van der Waals surface area contributed by atoms with Crippen molar-refractivity contribution in [2.45, 2.75) is 38.5 Å². The van der Waals surface area contributed by atoms with E-state index in [1.807, 2.05) is 0 Å². The maximum absolute atomic E-state index is 5.65. The molecule has 20 heavy (non-hydrogen) atoms. The van der Waals surface area contributed by atoms with Crippen molar-refractivity contribution in [2.24, 2.45) is 0 Å². The molecule has 0 bridgehead atoms. The Balaban J connectivity index is 1.60. The second kappa shape index (κ2) is 8.98. The van der Waals surface area contributed by atoms with E-state index in [0.29, 0.717) is 0 Å². The Labute approximate surface area is 122 Å². The Morgan fingerprint density at radius 1 is 1.20 bits per heavy atom. The van der Waals surface area contributed by atoms with E-state index in [2.05, 4.69) is 23.5 Å². The molecule has 0 amide bonds. The van der Waals surface area contributed by atoms with Gasteiger partial charge in [-0.25, -0.2) is 0 Å². The predicted molar refractivity (Wildman–Crippen MR) is 82.6 cm³/mol. The fourth-order valence-corrected chi connectivity index (χ4v) is 2.62. The van der Waals surface area contributed by atoms with Crippen molar-refractivity contribution in [3.63, 3.8) is 0 Å². The predicted octanol–water partition coefficient (Wildman–Crippen LogP) is 2.96. The Bertz CT molecular complexity index is 393. The SMILES string of the molecule is COCCNCCCCCc1ccc2c(c1)CCCO2. The summed E-state index contributed by atoms with van der Waals surface area (Å²) in [4.78, 5) is 0. The van der Waals surface area contributed by atoms with Gasteiger partial charge in [-0.2, -0.15) is 0 Å². The molecular formula is C17H27NO2. The largest absolute Gasteiger partial charge is 0.493 e. The second-order valence-corrected chi connectivity index (χ2v) is 5.45. The summed E-state index contributed by atoms with van der Waals surface area (Å²) >= 11 is 0. The monoisotopic (exact) mass is 277 g/mol. The van der Waals surface area contributed by atoms with Crippen molar-refractivity contribution in [1.82, 2.24) is 5.32 Å². The van der Waals surface area contributed by atoms with Crippen LogP contribution in [0.3, 0.4) is 0 Å². The van der Waals surface area contributed by atoms with Crippen LogP contribution in [0, 0.1) is 0 Å². The van der Waals surface area contributed by atoms with Gasteiger partial charge in [-0.3, -0.25) is 0 Å². The van der Waals surface area contributed by atoms with Crippen LogP contribution >= 0.6 is 0 Å². The Morgan fingerprint density at radius 2 is 2.15 bits per heavy atom. The van der Waals surface area contributed by atoms with Crippen molar-refractivity contribution in [3.8, 4) is 5.75 Å². The molecular weight excluding hydrogens is 250 g/mol. The molecule has 1 aliphatic rings. The average molecular weight is 277 g/mol. The topological polar surface area (TPSA) is 30.5 Å². The van der Waals surface area contributed by atoms with Crippen LogP contribution in [0.2, 0.25) is 0 Å². The van der Waals surface area contributed by atoms with Gasteiger partial charge >= 0.3 is 0 Å². The minimum atomic E-state index is 0.803. The lowest BCUT2D eigenvalue weighted by Crippen LogP contribution is -2.20. The number of rotatable bonds is 9. The van der Waals surface area contributed by atoms with Crippen molar-refractivity contribution < 1.29 is 9.47 Å². The molecule has 1 N–H and O–H groups in total. The number of unbranched alkanes of at least 4 members (excludes halogenated alkanes) is 2. The number of aryl methyl sites for hydroxylation is 2. The third-order valence-corrected chi connectivity index (χ3v) is 3.77. The van der Waals surface area contributed by atoms with E-state index in [1.54, 1.807) is 7.11 Å².